The minimum atomic E-state index is -4.41. The predicted octanol–water partition coefficient (Wildman–Crippen LogP) is 8.54. The molecule has 4 aliphatic heterocycles. The molecule has 1 saturated carbocycles. The zero-order valence-electron chi connectivity index (χ0n) is 36.3. The number of hydrogen-bond acceptors (Lipinski definition) is 6. The number of carboxylic acid groups (broad SMARTS) is 1. The zero-order chi connectivity index (χ0) is 44.7. The van der Waals surface area contributed by atoms with Crippen LogP contribution in [0.4, 0.5) is 16.2 Å². The maximum atomic E-state index is 13.1. The largest absolute Gasteiger partial charge is 0.465 e. The molecule has 9 rings (SSSR count). The predicted molar refractivity (Wildman–Crippen MR) is 250 cm³/mol. The number of unbranched alkanes of at least 4 members (excludes halogenated alkanes) is 1. The number of allylic oxidation sites excluding steroid dienone is 8. The Bertz CT molecular complexity index is 2970. The lowest BCUT2D eigenvalue weighted by Gasteiger charge is -2.49. The van der Waals surface area contributed by atoms with Gasteiger partial charge in [0.15, 0.2) is 13.1 Å². The van der Waals surface area contributed by atoms with Gasteiger partial charge in [0.05, 0.1) is 37.2 Å². The second-order valence-corrected chi connectivity index (χ2v) is 21.8. The SMILES string of the molecule is CC1(C)C(=C/C=C2\CC/C(=C\C=C3C(C)(C)c4c(ccc5ccccc45)[N+]34CCC4S(=O)(=O)O)C2=[N+]2CCN(C(=O)O)CC2)N(CCCCS(=O)(=O)O)c2ccc3ccccc3c21. The first-order valence-electron chi connectivity index (χ1n) is 21.9. The fraction of sp³-hybridized carbons (Fsp3) is 0.388. The van der Waals surface area contributed by atoms with Crippen molar-refractivity contribution < 1.29 is 40.4 Å². The number of piperazine rings is 1. The van der Waals surface area contributed by atoms with Gasteiger partial charge in [0.2, 0.25) is 11.1 Å². The van der Waals surface area contributed by atoms with E-state index in [1.165, 1.54) is 10.5 Å². The van der Waals surface area contributed by atoms with Gasteiger partial charge in [0.1, 0.15) is 11.4 Å². The number of benzene rings is 4. The summed E-state index contributed by atoms with van der Waals surface area (Å²) < 4.78 is 72.0. The minimum absolute atomic E-state index is 0.0571. The van der Waals surface area contributed by atoms with Crippen LogP contribution in [0.5, 0.6) is 0 Å². The van der Waals surface area contributed by atoms with E-state index in [0.717, 1.165) is 79.6 Å². The maximum absolute atomic E-state index is 13.1. The van der Waals surface area contributed by atoms with Crippen LogP contribution < -0.4 is 9.38 Å². The number of amides is 1. The summed E-state index contributed by atoms with van der Waals surface area (Å²) in [6.07, 6.45) is 10.4. The molecule has 4 aromatic carbocycles. The van der Waals surface area contributed by atoms with Crippen molar-refractivity contribution in [2.45, 2.75) is 76.0 Å². The monoisotopic (exact) mass is 892 g/mol. The molecule has 0 aromatic heterocycles. The van der Waals surface area contributed by atoms with E-state index < -0.39 is 42.5 Å². The highest BCUT2D eigenvalue weighted by atomic mass is 32.2. The molecule has 3 fully saturated rings. The quantitative estimate of drug-likeness (QED) is 0.0683. The lowest BCUT2D eigenvalue weighted by Crippen LogP contribution is -2.68. The van der Waals surface area contributed by atoms with Crippen LogP contribution in [0.1, 0.15) is 70.9 Å². The fourth-order valence-corrected chi connectivity index (χ4v) is 13.3. The van der Waals surface area contributed by atoms with Crippen molar-refractivity contribution in [2.75, 3.05) is 49.9 Å². The molecule has 0 bridgehead atoms. The molecule has 63 heavy (non-hydrogen) atoms. The van der Waals surface area contributed by atoms with Crippen molar-refractivity contribution in [3.8, 4) is 0 Å². The molecule has 3 N–H and O–H groups in total. The van der Waals surface area contributed by atoms with E-state index in [1.54, 1.807) is 0 Å². The lowest BCUT2D eigenvalue weighted by atomic mass is 9.80. The van der Waals surface area contributed by atoms with Gasteiger partial charge in [-0.1, -0.05) is 74.5 Å². The van der Waals surface area contributed by atoms with Gasteiger partial charge in [-0.15, -0.1) is 0 Å². The Balaban J connectivity index is 1.16. The van der Waals surface area contributed by atoms with E-state index in [4.69, 9.17) is 0 Å². The van der Waals surface area contributed by atoms with Gasteiger partial charge >= 0.3 is 16.2 Å². The normalized spacial score (nSPS) is 25.6. The molecular formula is C49H56N4O8S2+2. The number of carbonyl (C=O) groups is 1. The van der Waals surface area contributed by atoms with Gasteiger partial charge in [0.25, 0.3) is 10.1 Å². The highest BCUT2D eigenvalue weighted by Gasteiger charge is 2.66. The molecule has 1 aliphatic carbocycles. The van der Waals surface area contributed by atoms with Gasteiger partial charge in [0, 0.05) is 46.1 Å². The lowest BCUT2D eigenvalue weighted by molar-refractivity contribution is -0.537. The maximum Gasteiger partial charge on any atom is 0.407 e. The van der Waals surface area contributed by atoms with Gasteiger partial charge in [-0.3, -0.25) is 14.0 Å². The van der Waals surface area contributed by atoms with Crippen molar-refractivity contribution in [2.24, 2.45) is 0 Å². The first-order chi connectivity index (χ1) is 29.8. The van der Waals surface area contributed by atoms with Gasteiger partial charge < -0.3 is 10.0 Å². The molecule has 2 saturated heterocycles. The average molecular weight is 893 g/mol. The highest BCUT2D eigenvalue weighted by molar-refractivity contribution is 7.86. The number of fused-ring (bicyclic) bond motifs is 7. The number of nitrogens with zero attached hydrogens (tertiary/aromatic N) is 4. The number of quaternary nitrogens is 1. The van der Waals surface area contributed by atoms with Crippen LogP contribution in [0.15, 0.2) is 120 Å². The van der Waals surface area contributed by atoms with E-state index in [0.29, 0.717) is 58.5 Å². The molecule has 1 amide bonds. The van der Waals surface area contributed by atoms with E-state index in [1.807, 2.05) is 36.4 Å². The fourth-order valence-electron chi connectivity index (χ4n) is 11.5. The summed E-state index contributed by atoms with van der Waals surface area (Å²) in [5.74, 6) is -0.299. The van der Waals surface area contributed by atoms with Crippen molar-refractivity contribution in [3.63, 3.8) is 0 Å². The minimum Gasteiger partial charge on any atom is -0.465 e. The van der Waals surface area contributed by atoms with Crippen LogP contribution in [0.3, 0.4) is 0 Å². The molecule has 2 unspecified atom stereocenters. The average Bonchev–Trinajstić information content (AvgIpc) is 3.79. The van der Waals surface area contributed by atoms with Crippen LogP contribution >= 0.6 is 0 Å². The van der Waals surface area contributed by atoms with Crippen LogP contribution in [0, 0.1) is 0 Å². The summed E-state index contributed by atoms with van der Waals surface area (Å²) in [6.45, 7) is 11.6. The number of hydrogen-bond donors (Lipinski definition) is 3. The summed E-state index contributed by atoms with van der Waals surface area (Å²) >= 11 is 0. The van der Waals surface area contributed by atoms with Gasteiger partial charge in [-0.25, -0.2) is 13.9 Å². The molecular weight excluding hydrogens is 837 g/mol. The third-order valence-electron chi connectivity index (χ3n) is 14.4. The van der Waals surface area contributed by atoms with E-state index >= 15 is 0 Å². The molecule has 4 heterocycles. The van der Waals surface area contributed by atoms with Crippen molar-refractivity contribution >= 4 is 65.0 Å². The Morgan fingerprint density at radius 3 is 1.97 bits per heavy atom. The number of anilines is 1. The number of rotatable bonds is 8. The Morgan fingerprint density at radius 1 is 0.778 bits per heavy atom. The van der Waals surface area contributed by atoms with E-state index in [9.17, 15) is 35.8 Å². The van der Waals surface area contributed by atoms with Crippen LogP contribution in [0.2, 0.25) is 0 Å². The topological polar surface area (TPSA) is 156 Å². The summed E-state index contributed by atoms with van der Waals surface area (Å²) in [4.78, 5) is 15.7. The first-order valence-corrected chi connectivity index (χ1v) is 25.0. The van der Waals surface area contributed by atoms with E-state index in [2.05, 4.69) is 97.9 Å². The molecule has 330 valence electrons. The second kappa shape index (κ2) is 15.5. The Labute approximate surface area is 369 Å². The van der Waals surface area contributed by atoms with Crippen LogP contribution in [-0.2, 0) is 31.1 Å². The molecule has 12 nitrogen and oxygen atoms in total. The first kappa shape index (κ1) is 43.1. The molecule has 5 aliphatic rings. The molecule has 14 heteroatoms. The van der Waals surface area contributed by atoms with Crippen LogP contribution in [0.25, 0.3) is 21.5 Å². The summed E-state index contributed by atoms with van der Waals surface area (Å²) in [5.41, 5.74) is 8.47. The van der Waals surface area contributed by atoms with Crippen LogP contribution in [-0.4, -0.2) is 103 Å². The molecule has 4 aromatic rings. The summed E-state index contributed by atoms with van der Waals surface area (Å²) in [5, 5.41) is 13.2. The van der Waals surface area contributed by atoms with E-state index in [-0.39, 0.29) is 10.2 Å². The third kappa shape index (κ3) is 7.23. The smallest absolute Gasteiger partial charge is 0.407 e. The highest BCUT2D eigenvalue weighted by Crippen LogP contribution is 2.60. The summed E-state index contributed by atoms with van der Waals surface area (Å²) in [7, 11) is -8.50. The van der Waals surface area contributed by atoms with Gasteiger partial charge in [-0.2, -0.15) is 16.8 Å². The van der Waals surface area contributed by atoms with Crippen molar-refractivity contribution in [3.05, 3.63) is 131 Å². The Hall–Kier alpha value is -5.12. The third-order valence-corrected chi connectivity index (χ3v) is 16.5. The second-order valence-electron chi connectivity index (χ2n) is 18.7. The molecule has 2 atom stereocenters. The van der Waals surface area contributed by atoms with Gasteiger partial charge in [-0.05, 0) is 97.0 Å². The molecule has 1 spiro atoms. The zero-order valence-corrected chi connectivity index (χ0v) is 37.9. The summed E-state index contributed by atoms with van der Waals surface area (Å²) in [6, 6.07) is 24.9. The van der Waals surface area contributed by atoms with Crippen molar-refractivity contribution in [1.82, 2.24) is 9.38 Å². The Kier molecular flexibility index (Phi) is 10.6. The Morgan fingerprint density at radius 2 is 1.38 bits per heavy atom. The van der Waals surface area contributed by atoms with Crippen molar-refractivity contribution in [1.29, 1.82) is 0 Å². The molecule has 0 radical (unpaired) electrons. The standard InChI is InChI=1S/C49H54N4O8S2/c1-48(2)41(52(26-9-10-32-62(56,57)58)39-21-17-33-11-5-7-13-37(33)44(39)48)23-19-35-15-16-36(46(35)50-27-29-51(30-28-50)47(54)55)20-24-42-49(3,4)45-38-14-8-6-12-34(38)18-22-40(45)53(42)31-25-43(53)63(59,60)61/h5-8,11-14,17-24,43H,9-10,15-16,25-32H2,1-4H3,(H-2,54,55,56,57,58,59,60,61)/p+2/b36-20+,42-24?.